The van der Waals surface area contributed by atoms with Crippen molar-refractivity contribution in [2.24, 2.45) is 0 Å². The highest BCUT2D eigenvalue weighted by molar-refractivity contribution is 7.19. The Morgan fingerprint density at radius 3 is 1.80 bits per heavy atom. The number of thiophene rings is 1. The van der Waals surface area contributed by atoms with Gasteiger partial charge in [0.2, 0.25) is 0 Å². The third-order valence-electron chi connectivity index (χ3n) is 9.04. The molecule has 8 rings (SSSR count). The SMILES string of the molecule is O=C(O)c1ccc(NCc2sc3cc(OCc4ccc(-c5ccccc5)cc4)c(Oc4ccc(-c5ccccc5)cc4)cc3c2Oc2ccc(Cl)cc2)cc1. The number of rotatable bonds is 13. The summed E-state index contributed by atoms with van der Waals surface area (Å²) < 4.78 is 20.7. The predicted molar refractivity (Wildman–Crippen MR) is 222 cm³/mol. The molecule has 0 saturated heterocycles. The van der Waals surface area contributed by atoms with Gasteiger partial charge in [0, 0.05) is 26.9 Å². The maximum atomic E-state index is 11.4. The van der Waals surface area contributed by atoms with Crippen molar-refractivity contribution < 1.29 is 24.1 Å². The van der Waals surface area contributed by atoms with Gasteiger partial charge in [0.1, 0.15) is 18.1 Å². The Morgan fingerprint density at radius 2 is 1.18 bits per heavy atom. The minimum absolute atomic E-state index is 0.223. The summed E-state index contributed by atoms with van der Waals surface area (Å²) in [6.07, 6.45) is 0. The molecule has 270 valence electrons. The summed E-state index contributed by atoms with van der Waals surface area (Å²) >= 11 is 7.79. The first kappa shape index (κ1) is 35.5. The van der Waals surface area contributed by atoms with Crippen LogP contribution in [0.5, 0.6) is 28.7 Å². The Hall–Kier alpha value is -6.54. The Labute approximate surface area is 327 Å². The van der Waals surface area contributed by atoms with Gasteiger partial charge in [-0.1, -0.05) is 109 Å². The number of carbonyl (C=O) groups is 1. The van der Waals surface area contributed by atoms with E-state index in [2.05, 4.69) is 53.8 Å². The molecule has 7 aromatic carbocycles. The van der Waals surface area contributed by atoms with E-state index in [4.69, 9.17) is 25.8 Å². The van der Waals surface area contributed by atoms with E-state index < -0.39 is 5.97 Å². The average molecular weight is 760 g/mol. The van der Waals surface area contributed by atoms with Crippen LogP contribution in [0.4, 0.5) is 5.69 Å². The Kier molecular flexibility index (Phi) is 10.5. The topological polar surface area (TPSA) is 77.0 Å². The van der Waals surface area contributed by atoms with E-state index >= 15 is 0 Å². The predicted octanol–water partition coefficient (Wildman–Crippen LogP) is 13.4. The van der Waals surface area contributed by atoms with Gasteiger partial charge in [0.15, 0.2) is 17.2 Å². The molecule has 0 unspecified atom stereocenters. The first-order valence-electron chi connectivity index (χ1n) is 17.7. The summed E-state index contributed by atoms with van der Waals surface area (Å²) in [6.45, 7) is 0.764. The molecule has 0 aliphatic heterocycles. The monoisotopic (exact) mass is 759 g/mol. The zero-order chi connectivity index (χ0) is 37.6. The third-order valence-corrected chi connectivity index (χ3v) is 10.4. The molecule has 0 amide bonds. The van der Waals surface area contributed by atoms with Crippen molar-refractivity contribution in [1.29, 1.82) is 0 Å². The minimum atomic E-state index is -0.970. The minimum Gasteiger partial charge on any atom is -0.485 e. The lowest BCUT2D eigenvalue weighted by atomic mass is 10.0. The van der Waals surface area contributed by atoms with Crippen molar-refractivity contribution in [3.8, 4) is 51.0 Å². The van der Waals surface area contributed by atoms with Crippen LogP contribution < -0.4 is 19.5 Å². The number of hydrogen-bond acceptors (Lipinski definition) is 6. The van der Waals surface area contributed by atoms with Crippen molar-refractivity contribution in [3.63, 3.8) is 0 Å². The number of carboxylic acid groups (broad SMARTS) is 1. The lowest BCUT2D eigenvalue weighted by molar-refractivity contribution is 0.0697. The van der Waals surface area contributed by atoms with Crippen molar-refractivity contribution in [2.45, 2.75) is 13.2 Å². The summed E-state index contributed by atoms with van der Waals surface area (Å²) in [4.78, 5) is 12.3. The van der Waals surface area contributed by atoms with Gasteiger partial charge >= 0.3 is 5.97 Å². The van der Waals surface area contributed by atoms with Crippen molar-refractivity contribution >= 4 is 44.7 Å². The zero-order valence-electron chi connectivity index (χ0n) is 29.4. The van der Waals surface area contributed by atoms with E-state index in [1.807, 2.05) is 84.9 Å². The molecule has 0 bridgehead atoms. The fourth-order valence-corrected chi connectivity index (χ4v) is 7.35. The van der Waals surface area contributed by atoms with Gasteiger partial charge in [0.25, 0.3) is 0 Å². The van der Waals surface area contributed by atoms with Crippen LogP contribution in [0.3, 0.4) is 0 Å². The number of carboxylic acids is 1. The van der Waals surface area contributed by atoms with E-state index in [1.165, 1.54) is 0 Å². The lowest BCUT2D eigenvalue weighted by Gasteiger charge is -2.15. The number of ether oxygens (including phenoxy) is 3. The molecule has 0 radical (unpaired) electrons. The fraction of sp³-hybridized carbons (Fsp3) is 0.0426. The van der Waals surface area contributed by atoms with E-state index in [0.717, 1.165) is 48.5 Å². The number of benzene rings is 7. The molecule has 8 aromatic rings. The third kappa shape index (κ3) is 8.49. The normalized spacial score (nSPS) is 10.9. The van der Waals surface area contributed by atoms with Gasteiger partial charge < -0.3 is 24.6 Å². The van der Waals surface area contributed by atoms with Gasteiger partial charge in [-0.15, -0.1) is 11.3 Å². The van der Waals surface area contributed by atoms with Crippen molar-refractivity contribution in [3.05, 3.63) is 191 Å². The first-order chi connectivity index (χ1) is 26.9. The van der Waals surface area contributed by atoms with Gasteiger partial charge in [-0.05, 0) is 94.5 Å². The fourth-order valence-electron chi connectivity index (χ4n) is 6.14. The summed E-state index contributed by atoms with van der Waals surface area (Å²) in [7, 11) is 0. The second kappa shape index (κ2) is 16.2. The number of anilines is 1. The molecular weight excluding hydrogens is 726 g/mol. The summed E-state index contributed by atoms with van der Waals surface area (Å²) in [5.41, 5.74) is 6.54. The van der Waals surface area contributed by atoms with E-state index in [-0.39, 0.29) is 5.56 Å². The Balaban J connectivity index is 1.14. The highest BCUT2D eigenvalue weighted by Gasteiger charge is 2.20. The van der Waals surface area contributed by atoms with Gasteiger partial charge in [-0.3, -0.25) is 0 Å². The molecule has 8 heteroatoms. The molecule has 1 aromatic heterocycles. The van der Waals surface area contributed by atoms with E-state index in [1.54, 1.807) is 47.7 Å². The summed E-state index contributed by atoms with van der Waals surface area (Å²) in [6, 6.07) is 54.8. The van der Waals surface area contributed by atoms with Crippen LogP contribution in [0.1, 0.15) is 20.8 Å². The maximum absolute atomic E-state index is 11.4. The average Bonchev–Trinajstić information content (AvgIpc) is 3.56. The Bertz CT molecular complexity index is 2540. The van der Waals surface area contributed by atoms with Gasteiger partial charge in [-0.2, -0.15) is 0 Å². The zero-order valence-corrected chi connectivity index (χ0v) is 31.0. The lowest BCUT2D eigenvalue weighted by Crippen LogP contribution is -2.00. The number of aromatic carboxylic acids is 1. The number of fused-ring (bicyclic) bond motifs is 1. The van der Waals surface area contributed by atoms with E-state index in [0.29, 0.717) is 46.9 Å². The Morgan fingerprint density at radius 1 is 0.618 bits per heavy atom. The number of hydrogen-bond donors (Lipinski definition) is 2. The van der Waals surface area contributed by atoms with Crippen LogP contribution in [0.2, 0.25) is 5.02 Å². The molecule has 0 spiro atoms. The molecule has 0 aliphatic carbocycles. The molecule has 2 N–H and O–H groups in total. The molecule has 0 atom stereocenters. The molecule has 0 aliphatic rings. The van der Waals surface area contributed by atoms with Crippen LogP contribution in [0.25, 0.3) is 32.3 Å². The first-order valence-corrected chi connectivity index (χ1v) is 18.9. The van der Waals surface area contributed by atoms with Crippen LogP contribution >= 0.6 is 22.9 Å². The molecule has 1 heterocycles. The highest BCUT2D eigenvalue weighted by Crippen LogP contribution is 2.47. The second-order valence-corrected chi connectivity index (χ2v) is 14.4. The maximum Gasteiger partial charge on any atom is 0.335 e. The number of halogens is 1. The second-order valence-electron chi connectivity index (χ2n) is 12.8. The van der Waals surface area contributed by atoms with Crippen molar-refractivity contribution in [2.75, 3.05) is 5.32 Å². The van der Waals surface area contributed by atoms with Crippen LogP contribution in [-0.2, 0) is 13.2 Å². The smallest absolute Gasteiger partial charge is 0.335 e. The van der Waals surface area contributed by atoms with Crippen LogP contribution in [0.15, 0.2) is 170 Å². The van der Waals surface area contributed by atoms with Crippen molar-refractivity contribution in [1.82, 2.24) is 0 Å². The number of nitrogens with one attached hydrogen (secondary N) is 1. The van der Waals surface area contributed by atoms with Gasteiger partial charge in [0.05, 0.1) is 17.0 Å². The van der Waals surface area contributed by atoms with E-state index in [9.17, 15) is 9.90 Å². The van der Waals surface area contributed by atoms with Crippen LogP contribution in [-0.4, -0.2) is 11.1 Å². The summed E-state index contributed by atoms with van der Waals surface area (Å²) in [5, 5.41) is 14.2. The molecule has 6 nitrogen and oxygen atoms in total. The van der Waals surface area contributed by atoms with Gasteiger partial charge in [-0.25, -0.2) is 4.79 Å². The largest absolute Gasteiger partial charge is 0.485 e. The molecular formula is C47H34ClNO5S. The molecule has 55 heavy (non-hydrogen) atoms. The highest BCUT2D eigenvalue weighted by atomic mass is 35.5. The quantitative estimate of drug-likeness (QED) is 0.122. The molecule has 0 saturated carbocycles. The standard InChI is InChI=1S/C47H34ClNO5S/c48-37-19-25-40(26-20-37)54-46-41-27-43(53-39-23-17-35(18-24-39)33-9-5-2-6-10-33)42(52-30-31-11-13-34(14-12-31)32-7-3-1-4-8-32)28-44(41)55-45(46)29-49-38-21-15-36(16-22-38)47(50)51/h1-28,49H,29-30H2,(H,50,51). The summed E-state index contributed by atoms with van der Waals surface area (Å²) in [5.74, 6) is 2.14. The molecule has 0 fully saturated rings. The van der Waals surface area contributed by atoms with Crippen LogP contribution in [0, 0.1) is 0 Å².